The molecule has 1 saturated carbocycles. The number of nitrogens with zero attached hydrogens (tertiary/aromatic N) is 1. The molecule has 0 saturated heterocycles. The van der Waals surface area contributed by atoms with E-state index in [9.17, 15) is 0 Å². The first-order valence-electron chi connectivity index (χ1n) is 7.17. The Morgan fingerprint density at radius 3 is 2.31 bits per heavy atom. The average Bonchev–Trinajstić information content (AvgIpc) is 2.27. The van der Waals surface area contributed by atoms with E-state index >= 15 is 0 Å². The van der Waals surface area contributed by atoms with Crippen LogP contribution in [0.4, 0.5) is 0 Å². The Kier molecular flexibility index (Phi) is 6.37. The molecule has 0 spiro atoms. The maximum atomic E-state index is 5.97. The first-order chi connectivity index (χ1) is 7.67. The second kappa shape index (κ2) is 7.29. The van der Waals surface area contributed by atoms with Gasteiger partial charge in [0.05, 0.1) is 0 Å². The van der Waals surface area contributed by atoms with Crippen LogP contribution in [-0.2, 0) is 0 Å². The molecule has 0 radical (unpaired) electrons. The Hall–Kier alpha value is -0.0800. The van der Waals surface area contributed by atoms with Crippen LogP contribution in [0, 0.1) is 5.92 Å². The number of rotatable bonds is 6. The van der Waals surface area contributed by atoms with Gasteiger partial charge in [0.2, 0.25) is 0 Å². The maximum Gasteiger partial charge on any atom is 0.00964 e. The fraction of sp³-hybridized carbons (Fsp3) is 1.00. The van der Waals surface area contributed by atoms with E-state index in [1.165, 1.54) is 51.6 Å². The molecule has 0 aliphatic heterocycles. The minimum atomic E-state index is 0.475. The fourth-order valence-corrected chi connectivity index (χ4v) is 2.99. The molecule has 1 rings (SSSR count). The van der Waals surface area contributed by atoms with Gasteiger partial charge in [-0.05, 0) is 44.6 Å². The van der Waals surface area contributed by atoms with Crippen molar-refractivity contribution in [3.8, 4) is 0 Å². The van der Waals surface area contributed by atoms with Gasteiger partial charge in [0.25, 0.3) is 0 Å². The van der Waals surface area contributed by atoms with Crippen molar-refractivity contribution in [2.24, 2.45) is 11.7 Å². The highest BCUT2D eigenvalue weighted by Crippen LogP contribution is 2.23. The average molecular weight is 226 g/mol. The Morgan fingerprint density at radius 2 is 1.81 bits per heavy atom. The highest BCUT2D eigenvalue weighted by molar-refractivity contribution is 4.81. The molecule has 0 bridgehead atoms. The Morgan fingerprint density at radius 1 is 1.19 bits per heavy atom. The van der Waals surface area contributed by atoms with E-state index in [2.05, 4.69) is 25.7 Å². The molecule has 2 heteroatoms. The molecular weight excluding hydrogens is 196 g/mol. The van der Waals surface area contributed by atoms with Crippen molar-refractivity contribution in [2.45, 2.75) is 71.4 Å². The summed E-state index contributed by atoms with van der Waals surface area (Å²) in [5, 5.41) is 0. The van der Waals surface area contributed by atoms with Gasteiger partial charge in [0, 0.05) is 18.6 Å². The van der Waals surface area contributed by atoms with Crippen LogP contribution in [0.3, 0.4) is 0 Å². The standard InChI is InChI=1S/C14H30N2/c1-4-6-12(3)11-16(5-2)14-9-7-13(15)8-10-14/h12-14H,4-11,15H2,1-3H3. The summed E-state index contributed by atoms with van der Waals surface area (Å²) < 4.78 is 0. The molecule has 2 N–H and O–H groups in total. The van der Waals surface area contributed by atoms with Crippen molar-refractivity contribution in [3.63, 3.8) is 0 Å². The number of hydrogen-bond donors (Lipinski definition) is 1. The molecule has 1 aliphatic rings. The van der Waals surface area contributed by atoms with E-state index < -0.39 is 0 Å². The first kappa shape index (κ1) is 14.0. The minimum absolute atomic E-state index is 0.475. The fourth-order valence-electron chi connectivity index (χ4n) is 2.99. The van der Waals surface area contributed by atoms with Crippen LogP contribution in [0.15, 0.2) is 0 Å². The summed E-state index contributed by atoms with van der Waals surface area (Å²) in [5.41, 5.74) is 5.97. The topological polar surface area (TPSA) is 29.3 Å². The van der Waals surface area contributed by atoms with Crippen molar-refractivity contribution in [1.82, 2.24) is 4.90 Å². The van der Waals surface area contributed by atoms with Crippen molar-refractivity contribution in [3.05, 3.63) is 0 Å². The molecule has 1 atom stereocenters. The number of nitrogens with two attached hydrogens (primary N) is 1. The van der Waals surface area contributed by atoms with Gasteiger partial charge >= 0.3 is 0 Å². The van der Waals surface area contributed by atoms with E-state index in [-0.39, 0.29) is 0 Å². The first-order valence-corrected chi connectivity index (χ1v) is 7.17. The summed E-state index contributed by atoms with van der Waals surface area (Å²) in [4.78, 5) is 2.69. The van der Waals surface area contributed by atoms with Gasteiger partial charge in [-0.15, -0.1) is 0 Å². The SMILES string of the molecule is CCCC(C)CN(CC)C1CCC(N)CC1. The van der Waals surface area contributed by atoms with Crippen LogP contribution in [0.2, 0.25) is 0 Å². The van der Waals surface area contributed by atoms with Crippen molar-refractivity contribution in [1.29, 1.82) is 0 Å². The molecule has 0 aromatic heterocycles. The summed E-state index contributed by atoms with van der Waals surface area (Å²) in [7, 11) is 0. The minimum Gasteiger partial charge on any atom is -0.328 e. The third-order valence-electron chi connectivity index (χ3n) is 3.99. The van der Waals surface area contributed by atoms with Gasteiger partial charge < -0.3 is 10.6 Å². The van der Waals surface area contributed by atoms with Gasteiger partial charge in [-0.25, -0.2) is 0 Å². The summed E-state index contributed by atoms with van der Waals surface area (Å²) in [6.45, 7) is 9.46. The van der Waals surface area contributed by atoms with Crippen LogP contribution in [0.1, 0.15) is 59.3 Å². The molecule has 1 aliphatic carbocycles. The predicted octanol–water partition coefficient (Wildman–Crippen LogP) is 3.01. The summed E-state index contributed by atoms with van der Waals surface area (Å²) in [6.07, 6.45) is 7.76. The van der Waals surface area contributed by atoms with E-state index in [0.29, 0.717) is 6.04 Å². The van der Waals surface area contributed by atoms with Gasteiger partial charge in [0.1, 0.15) is 0 Å². The third-order valence-corrected chi connectivity index (χ3v) is 3.99. The molecule has 1 fully saturated rings. The van der Waals surface area contributed by atoms with Gasteiger partial charge in [-0.3, -0.25) is 0 Å². The van der Waals surface area contributed by atoms with Crippen LogP contribution < -0.4 is 5.73 Å². The van der Waals surface area contributed by atoms with Crippen LogP contribution in [0.5, 0.6) is 0 Å². The molecule has 1 unspecified atom stereocenters. The predicted molar refractivity (Wildman–Crippen MR) is 71.6 cm³/mol. The zero-order valence-corrected chi connectivity index (χ0v) is 11.4. The molecule has 0 aromatic rings. The molecule has 16 heavy (non-hydrogen) atoms. The smallest absolute Gasteiger partial charge is 0.00964 e. The lowest BCUT2D eigenvalue weighted by Crippen LogP contribution is -2.42. The largest absolute Gasteiger partial charge is 0.328 e. The van der Waals surface area contributed by atoms with E-state index in [4.69, 9.17) is 5.73 Å². The molecule has 2 nitrogen and oxygen atoms in total. The van der Waals surface area contributed by atoms with Gasteiger partial charge in [-0.2, -0.15) is 0 Å². The zero-order chi connectivity index (χ0) is 12.0. The van der Waals surface area contributed by atoms with Gasteiger partial charge in [0.15, 0.2) is 0 Å². The lowest BCUT2D eigenvalue weighted by Gasteiger charge is -2.36. The van der Waals surface area contributed by atoms with Gasteiger partial charge in [-0.1, -0.05) is 27.2 Å². The lowest BCUT2D eigenvalue weighted by molar-refractivity contribution is 0.135. The quantitative estimate of drug-likeness (QED) is 0.754. The second-order valence-electron chi connectivity index (χ2n) is 5.55. The highest BCUT2D eigenvalue weighted by Gasteiger charge is 2.23. The van der Waals surface area contributed by atoms with Crippen LogP contribution in [0.25, 0.3) is 0 Å². The zero-order valence-electron chi connectivity index (χ0n) is 11.4. The second-order valence-corrected chi connectivity index (χ2v) is 5.55. The van der Waals surface area contributed by atoms with E-state index in [1.54, 1.807) is 0 Å². The summed E-state index contributed by atoms with van der Waals surface area (Å²) in [6, 6.07) is 1.28. The normalized spacial score (nSPS) is 28.3. The number of hydrogen-bond acceptors (Lipinski definition) is 2. The third kappa shape index (κ3) is 4.42. The Balaban J connectivity index is 2.35. The van der Waals surface area contributed by atoms with Crippen molar-refractivity contribution in [2.75, 3.05) is 13.1 Å². The molecule has 0 aromatic carbocycles. The molecular formula is C14H30N2. The lowest BCUT2D eigenvalue weighted by atomic mass is 9.90. The van der Waals surface area contributed by atoms with E-state index in [0.717, 1.165) is 12.0 Å². The molecule has 0 heterocycles. The van der Waals surface area contributed by atoms with Crippen molar-refractivity contribution >= 4 is 0 Å². The monoisotopic (exact) mass is 226 g/mol. The van der Waals surface area contributed by atoms with Crippen LogP contribution in [-0.4, -0.2) is 30.1 Å². The molecule has 0 amide bonds. The molecule has 96 valence electrons. The summed E-state index contributed by atoms with van der Waals surface area (Å²) in [5.74, 6) is 0.848. The van der Waals surface area contributed by atoms with Crippen LogP contribution >= 0.6 is 0 Å². The highest BCUT2D eigenvalue weighted by atomic mass is 15.1. The van der Waals surface area contributed by atoms with Crippen molar-refractivity contribution < 1.29 is 0 Å². The van der Waals surface area contributed by atoms with E-state index in [1.807, 2.05) is 0 Å². The maximum absolute atomic E-state index is 5.97. The Bertz CT molecular complexity index is 174. The summed E-state index contributed by atoms with van der Waals surface area (Å²) >= 11 is 0. The Labute approximate surface area is 102 Å².